The normalized spacial score (nSPS) is 17.8. The van der Waals surface area contributed by atoms with Crippen LogP contribution in [0.4, 0.5) is 0 Å². The van der Waals surface area contributed by atoms with E-state index in [-0.39, 0.29) is 16.8 Å². The van der Waals surface area contributed by atoms with Crippen molar-refractivity contribution >= 4 is 27.1 Å². The van der Waals surface area contributed by atoms with E-state index in [0.717, 1.165) is 12.8 Å². The highest BCUT2D eigenvalue weighted by Gasteiger charge is 2.30. The van der Waals surface area contributed by atoms with Gasteiger partial charge in [0.1, 0.15) is 0 Å². The quantitative estimate of drug-likeness (QED) is 0.854. The summed E-state index contributed by atoms with van der Waals surface area (Å²) in [7, 11) is -3.24. The number of rotatable bonds is 3. The van der Waals surface area contributed by atoms with Gasteiger partial charge in [-0.25, -0.2) is 8.42 Å². The maximum Gasteiger partial charge on any atom is 0.254 e. The van der Waals surface area contributed by atoms with Gasteiger partial charge in [0.25, 0.3) is 5.91 Å². The summed E-state index contributed by atoms with van der Waals surface area (Å²) in [4.78, 5) is 16.4. The van der Waals surface area contributed by atoms with E-state index in [1.165, 1.54) is 28.8 Å². The van der Waals surface area contributed by atoms with Gasteiger partial charge in [-0.1, -0.05) is 6.92 Å². The standard InChI is InChI=1S/C17H19NO3S2/c1-3-15-14-9-11-22-16(14)8-10-18(15)17(19)12-4-6-13(7-5-12)23(2,20)21/h4-7,9,11,15H,3,8,10H2,1-2H3. The molecule has 1 aliphatic heterocycles. The van der Waals surface area contributed by atoms with Crippen LogP contribution in [0, 0.1) is 0 Å². The fraction of sp³-hybridized carbons (Fsp3) is 0.353. The second-order valence-electron chi connectivity index (χ2n) is 5.77. The number of hydrogen-bond donors (Lipinski definition) is 0. The van der Waals surface area contributed by atoms with Crippen molar-refractivity contribution in [3.8, 4) is 0 Å². The zero-order valence-corrected chi connectivity index (χ0v) is 14.8. The van der Waals surface area contributed by atoms with Crippen molar-refractivity contribution in [3.63, 3.8) is 0 Å². The Morgan fingerprint density at radius 1 is 1.26 bits per heavy atom. The Hall–Kier alpha value is -1.66. The number of benzene rings is 1. The van der Waals surface area contributed by atoms with Crippen LogP contribution in [0.1, 0.15) is 40.2 Å². The van der Waals surface area contributed by atoms with Crippen LogP contribution in [-0.4, -0.2) is 32.0 Å². The molecule has 23 heavy (non-hydrogen) atoms. The summed E-state index contributed by atoms with van der Waals surface area (Å²) in [5.74, 6) is -0.0336. The topological polar surface area (TPSA) is 54.5 Å². The molecule has 1 aromatic carbocycles. The van der Waals surface area contributed by atoms with Crippen LogP contribution in [0.5, 0.6) is 0 Å². The minimum absolute atomic E-state index is 0.0336. The predicted octanol–water partition coefficient (Wildman–Crippen LogP) is 3.30. The van der Waals surface area contributed by atoms with E-state index in [4.69, 9.17) is 0 Å². The number of carbonyl (C=O) groups excluding carboxylic acids is 1. The Bertz CT molecular complexity index is 822. The largest absolute Gasteiger partial charge is 0.331 e. The highest BCUT2D eigenvalue weighted by atomic mass is 32.2. The molecule has 2 heterocycles. The number of fused-ring (bicyclic) bond motifs is 1. The van der Waals surface area contributed by atoms with E-state index in [1.54, 1.807) is 23.5 Å². The van der Waals surface area contributed by atoms with E-state index in [0.29, 0.717) is 12.1 Å². The van der Waals surface area contributed by atoms with Gasteiger partial charge in [0, 0.05) is 23.2 Å². The van der Waals surface area contributed by atoms with Crippen molar-refractivity contribution < 1.29 is 13.2 Å². The molecular weight excluding hydrogens is 330 g/mol. The lowest BCUT2D eigenvalue weighted by Gasteiger charge is -2.35. The van der Waals surface area contributed by atoms with Crippen LogP contribution < -0.4 is 0 Å². The molecular formula is C17H19NO3S2. The molecule has 0 bridgehead atoms. The minimum Gasteiger partial charge on any atom is -0.331 e. The third kappa shape index (κ3) is 3.05. The second-order valence-corrected chi connectivity index (χ2v) is 8.78. The number of amides is 1. The molecule has 3 rings (SSSR count). The van der Waals surface area contributed by atoms with Gasteiger partial charge in [-0.3, -0.25) is 4.79 Å². The highest BCUT2D eigenvalue weighted by Crippen LogP contribution is 2.36. The van der Waals surface area contributed by atoms with Crippen molar-refractivity contribution in [1.29, 1.82) is 0 Å². The molecule has 0 saturated carbocycles. The van der Waals surface area contributed by atoms with Crippen LogP contribution in [-0.2, 0) is 16.3 Å². The summed E-state index contributed by atoms with van der Waals surface area (Å²) in [6, 6.07) is 8.43. The first-order valence-corrected chi connectivity index (χ1v) is 10.4. The number of sulfone groups is 1. The van der Waals surface area contributed by atoms with E-state index in [9.17, 15) is 13.2 Å². The fourth-order valence-corrected chi connectivity index (χ4v) is 4.65. The van der Waals surface area contributed by atoms with Gasteiger partial charge in [0.15, 0.2) is 9.84 Å². The Morgan fingerprint density at radius 2 is 1.96 bits per heavy atom. The highest BCUT2D eigenvalue weighted by molar-refractivity contribution is 7.90. The van der Waals surface area contributed by atoms with Gasteiger partial charge in [-0.05, 0) is 54.1 Å². The SMILES string of the molecule is CCC1c2ccsc2CCN1C(=O)c1ccc(S(C)(=O)=O)cc1. The summed E-state index contributed by atoms with van der Waals surface area (Å²) in [6.45, 7) is 2.79. The molecule has 2 aromatic rings. The van der Waals surface area contributed by atoms with Gasteiger partial charge in [-0.15, -0.1) is 11.3 Å². The van der Waals surface area contributed by atoms with Crippen LogP contribution in [0.2, 0.25) is 0 Å². The van der Waals surface area contributed by atoms with Gasteiger partial charge >= 0.3 is 0 Å². The number of hydrogen-bond acceptors (Lipinski definition) is 4. The Balaban J connectivity index is 1.88. The van der Waals surface area contributed by atoms with Gasteiger partial charge in [0.2, 0.25) is 0 Å². The first kappa shape index (κ1) is 16.2. The third-order valence-corrected chi connectivity index (χ3v) is 6.40. The second kappa shape index (κ2) is 6.09. The average Bonchev–Trinajstić information content (AvgIpc) is 3.01. The molecule has 1 amide bonds. The number of carbonyl (C=O) groups is 1. The summed E-state index contributed by atoms with van der Waals surface area (Å²) in [6.07, 6.45) is 2.92. The van der Waals surface area contributed by atoms with Gasteiger partial charge in [0.05, 0.1) is 10.9 Å². The molecule has 0 aliphatic carbocycles. The molecule has 122 valence electrons. The summed E-state index contributed by atoms with van der Waals surface area (Å²) >= 11 is 1.75. The lowest BCUT2D eigenvalue weighted by molar-refractivity contribution is 0.0657. The summed E-state index contributed by atoms with van der Waals surface area (Å²) in [5.41, 5.74) is 1.79. The summed E-state index contributed by atoms with van der Waals surface area (Å²) in [5, 5.41) is 2.09. The molecule has 0 saturated heterocycles. The molecule has 4 nitrogen and oxygen atoms in total. The maximum absolute atomic E-state index is 12.8. The lowest BCUT2D eigenvalue weighted by Crippen LogP contribution is -2.39. The first-order valence-electron chi connectivity index (χ1n) is 7.59. The molecule has 0 fully saturated rings. The monoisotopic (exact) mass is 349 g/mol. The molecule has 1 unspecified atom stereocenters. The number of thiophene rings is 1. The fourth-order valence-electron chi connectivity index (χ4n) is 3.09. The van der Waals surface area contributed by atoms with Gasteiger partial charge < -0.3 is 4.90 Å². The average molecular weight is 349 g/mol. The Kier molecular flexibility index (Phi) is 4.29. The zero-order chi connectivity index (χ0) is 16.6. The van der Waals surface area contributed by atoms with E-state index >= 15 is 0 Å². The minimum atomic E-state index is -3.24. The van der Waals surface area contributed by atoms with E-state index in [1.807, 2.05) is 4.90 Å². The summed E-state index contributed by atoms with van der Waals surface area (Å²) < 4.78 is 23.1. The van der Waals surface area contributed by atoms with Gasteiger partial charge in [-0.2, -0.15) is 0 Å². The van der Waals surface area contributed by atoms with Crippen molar-refractivity contribution in [2.24, 2.45) is 0 Å². The molecule has 1 atom stereocenters. The van der Waals surface area contributed by atoms with Crippen LogP contribution in [0.15, 0.2) is 40.6 Å². The maximum atomic E-state index is 12.8. The molecule has 6 heteroatoms. The third-order valence-electron chi connectivity index (χ3n) is 4.27. The van der Waals surface area contributed by atoms with Crippen molar-refractivity contribution in [2.75, 3.05) is 12.8 Å². The zero-order valence-electron chi connectivity index (χ0n) is 13.2. The van der Waals surface area contributed by atoms with E-state index in [2.05, 4.69) is 18.4 Å². The van der Waals surface area contributed by atoms with Crippen molar-refractivity contribution in [3.05, 3.63) is 51.7 Å². The van der Waals surface area contributed by atoms with Crippen molar-refractivity contribution in [2.45, 2.75) is 30.7 Å². The lowest BCUT2D eigenvalue weighted by atomic mass is 9.97. The molecule has 0 spiro atoms. The smallest absolute Gasteiger partial charge is 0.254 e. The number of nitrogens with zero attached hydrogens (tertiary/aromatic N) is 1. The predicted molar refractivity (Wildman–Crippen MR) is 91.6 cm³/mol. The van der Waals surface area contributed by atoms with Crippen LogP contribution in [0.3, 0.4) is 0 Å². The Labute approximate surface area is 140 Å². The molecule has 0 radical (unpaired) electrons. The first-order chi connectivity index (χ1) is 10.9. The van der Waals surface area contributed by atoms with Crippen LogP contribution >= 0.6 is 11.3 Å². The molecule has 1 aliphatic rings. The molecule has 0 N–H and O–H groups in total. The molecule has 1 aromatic heterocycles. The van der Waals surface area contributed by atoms with Crippen LogP contribution in [0.25, 0.3) is 0 Å². The Morgan fingerprint density at radius 3 is 2.57 bits per heavy atom. The van der Waals surface area contributed by atoms with E-state index < -0.39 is 9.84 Å². The van der Waals surface area contributed by atoms with Crippen molar-refractivity contribution in [1.82, 2.24) is 4.90 Å².